The largest absolute Gasteiger partial charge is 0.388 e. The van der Waals surface area contributed by atoms with Crippen LogP contribution in [-0.4, -0.2) is 29.1 Å². The Bertz CT molecular complexity index is 421. The summed E-state index contributed by atoms with van der Waals surface area (Å²) >= 11 is 0. The number of urea groups is 1. The van der Waals surface area contributed by atoms with Crippen LogP contribution in [0.1, 0.15) is 31.4 Å². The maximum Gasteiger partial charge on any atom is 0.314 e. The van der Waals surface area contributed by atoms with Crippen molar-refractivity contribution < 1.29 is 9.90 Å². The Labute approximate surface area is 107 Å². The third-order valence-corrected chi connectivity index (χ3v) is 3.82. The maximum absolute atomic E-state index is 11.3. The molecular weight excluding hydrogens is 228 g/mol. The average molecular weight is 248 g/mol. The first-order valence-corrected chi connectivity index (χ1v) is 6.30. The van der Waals surface area contributed by atoms with Crippen molar-refractivity contribution in [2.45, 2.75) is 25.9 Å². The zero-order valence-corrected chi connectivity index (χ0v) is 10.7. The van der Waals surface area contributed by atoms with Gasteiger partial charge in [-0.05, 0) is 18.4 Å². The van der Waals surface area contributed by atoms with Crippen molar-refractivity contribution in [2.24, 2.45) is 11.1 Å². The summed E-state index contributed by atoms with van der Waals surface area (Å²) in [7, 11) is 0. The van der Waals surface area contributed by atoms with E-state index in [1.165, 1.54) is 0 Å². The number of likely N-dealkylation sites (tertiary alicyclic amines) is 1. The van der Waals surface area contributed by atoms with Gasteiger partial charge in [-0.15, -0.1) is 0 Å². The predicted octanol–water partition coefficient (Wildman–Crippen LogP) is 1.90. The lowest BCUT2D eigenvalue weighted by Gasteiger charge is -2.42. The number of nitrogens with zero attached hydrogens (tertiary/aromatic N) is 1. The highest BCUT2D eigenvalue weighted by Crippen LogP contribution is 2.40. The van der Waals surface area contributed by atoms with Crippen molar-refractivity contribution in [1.29, 1.82) is 0 Å². The van der Waals surface area contributed by atoms with Crippen LogP contribution in [-0.2, 0) is 0 Å². The molecule has 1 aromatic carbocycles. The Hall–Kier alpha value is -1.55. The van der Waals surface area contributed by atoms with Crippen molar-refractivity contribution in [1.82, 2.24) is 4.90 Å². The van der Waals surface area contributed by atoms with Gasteiger partial charge in [-0.3, -0.25) is 0 Å². The van der Waals surface area contributed by atoms with Crippen LogP contribution in [0.2, 0.25) is 0 Å². The van der Waals surface area contributed by atoms with Crippen LogP contribution in [0.25, 0.3) is 0 Å². The minimum absolute atomic E-state index is 0.325. The topological polar surface area (TPSA) is 66.6 Å². The van der Waals surface area contributed by atoms with Crippen molar-refractivity contribution in [3.05, 3.63) is 35.9 Å². The highest BCUT2D eigenvalue weighted by Gasteiger charge is 2.39. The molecule has 4 heteroatoms. The van der Waals surface area contributed by atoms with Crippen LogP contribution in [0.5, 0.6) is 0 Å². The molecule has 2 rings (SSSR count). The van der Waals surface area contributed by atoms with E-state index in [4.69, 9.17) is 5.73 Å². The maximum atomic E-state index is 11.3. The molecule has 2 amide bonds. The van der Waals surface area contributed by atoms with Crippen LogP contribution in [0.15, 0.2) is 30.3 Å². The standard InChI is InChI=1S/C14H20N2O2/c1-14(8-5-9-16(10-14)13(15)18)12(17)11-6-3-2-4-7-11/h2-4,6-7,12,17H,5,8-10H2,1H3,(H2,15,18). The van der Waals surface area contributed by atoms with E-state index < -0.39 is 12.1 Å². The minimum Gasteiger partial charge on any atom is -0.388 e. The third-order valence-electron chi connectivity index (χ3n) is 3.82. The second kappa shape index (κ2) is 4.98. The Balaban J connectivity index is 2.17. The lowest BCUT2D eigenvalue weighted by atomic mass is 9.74. The number of benzene rings is 1. The average Bonchev–Trinajstić information content (AvgIpc) is 2.39. The van der Waals surface area contributed by atoms with E-state index >= 15 is 0 Å². The van der Waals surface area contributed by atoms with E-state index in [0.29, 0.717) is 13.1 Å². The van der Waals surface area contributed by atoms with Crippen molar-refractivity contribution in [3.63, 3.8) is 0 Å². The van der Waals surface area contributed by atoms with Crippen molar-refractivity contribution in [2.75, 3.05) is 13.1 Å². The fourth-order valence-electron chi connectivity index (χ4n) is 2.72. The molecule has 2 unspecified atom stereocenters. The molecule has 0 saturated carbocycles. The van der Waals surface area contributed by atoms with Gasteiger partial charge in [-0.1, -0.05) is 37.3 Å². The molecule has 1 aromatic rings. The monoisotopic (exact) mass is 248 g/mol. The summed E-state index contributed by atoms with van der Waals surface area (Å²) in [6.45, 7) is 3.21. The Morgan fingerprint density at radius 2 is 2.11 bits per heavy atom. The Morgan fingerprint density at radius 3 is 2.72 bits per heavy atom. The van der Waals surface area contributed by atoms with E-state index in [9.17, 15) is 9.90 Å². The molecule has 0 spiro atoms. The molecule has 2 atom stereocenters. The molecule has 0 aliphatic carbocycles. The molecule has 1 fully saturated rings. The third kappa shape index (κ3) is 2.48. The second-order valence-corrected chi connectivity index (χ2v) is 5.33. The van der Waals surface area contributed by atoms with Gasteiger partial charge < -0.3 is 15.7 Å². The van der Waals surface area contributed by atoms with Crippen molar-refractivity contribution >= 4 is 6.03 Å². The SMILES string of the molecule is CC1(C(O)c2ccccc2)CCCN(C(N)=O)C1. The molecule has 1 aliphatic heterocycles. The fourth-order valence-corrected chi connectivity index (χ4v) is 2.72. The van der Waals surface area contributed by atoms with E-state index in [-0.39, 0.29) is 5.41 Å². The summed E-state index contributed by atoms with van der Waals surface area (Å²) in [5.41, 5.74) is 5.90. The molecule has 3 N–H and O–H groups in total. The summed E-state index contributed by atoms with van der Waals surface area (Å²) in [5, 5.41) is 10.5. The molecule has 0 radical (unpaired) electrons. The van der Waals surface area contributed by atoms with Gasteiger partial charge in [0.2, 0.25) is 0 Å². The lowest BCUT2D eigenvalue weighted by Crippen LogP contribution is -2.49. The normalized spacial score (nSPS) is 25.8. The fraction of sp³-hybridized carbons (Fsp3) is 0.500. The number of hydrogen-bond donors (Lipinski definition) is 2. The lowest BCUT2D eigenvalue weighted by molar-refractivity contribution is -0.00955. The molecule has 98 valence electrons. The minimum atomic E-state index is -0.569. The number of nitrogens with two attached hydrogens (primary N) is 1. The number of rotatable bonds is 2. The first-order chi connectivity index (χ1) is 8.53. The summed E-state index contributed by atoms with van der Waals surface area (Å²) in [6, 6.07) is 9.18. The first-order valence-electron chi connectivity index (χ1n) is 6.30. The quantitative estimate of drug-likeness (QED) is 0.839. The molecule has 4 nitrogen and oxygen atoms in total. The van der Waals surface area contributed by atoms with E-state index in [1.807, 2.05) is 37.3 Å². The number of carbonyl (C=O) groups is 1. The van der Waals surface area contributed by atoms with Crippen LogP contribution in [0.4, 0.5) is 4.79 Å². The predicted molar refractivity (Wildman–Crippen MR) is 69.9 cm³/mol. The van der Waals surface area contributed by atoms with Gasteiger partial charge in [0.15, 0.2) is 0 Å². The van der Waals surface area contributed by atoms with Crippen LogP contribution < -0.4 is 5.73 Å². The Morgan fingerprint density at radius 1 is 1.44 bits per heavy atom. The zero-order chi connectivity index (χ0) is 13.2. The second-order valence-electron chi connectivity index (χ2n) is 5.33. The first kappa shape index (κ1) is 12.9. The summed E-state index contributed by atoms with van der Waals surface area (Å²) < 4.78 is 0. The zero-order valence-electron chi connectivity index (χ0n) is 10.7. The van der Waals surface area contributed by atoms with Gasteiger partial charge in [0, 0.05) is 18.5 Å². The molecule has 0 aromatic heterocycles. The van der Waals surface area contributed by atoms with E-state index in [2.05, 4.69) is 0 Å². The smallest absolute Gasteiger partial charge is 0.314 e. The molecule has 0 bridgehead atoms. The number of carbonyl (C=O) groups excluding carboxylic acids is 1. The highest BCUT2D eigenvalue weighted by molar-refractivity contribution is 5.72. The van der Waals surface area contributed by atoms with Gasteiger partial charge in [0.25, 0.3) is 0 Å². The molecule has 1 heterocycles. The molecule has 1 aliphatic rings. The van der Waals surface area contributed by atoms with Gasteiger partial charge in [-0.25, -0.2) is 4.79 Å². The number of hydrogen-bond acceptors (Lipinski definition) is 2. The van der Waals surface area contributed by atoms with E-state index in [1.54, 1.807) is 4.90 Å². The van der Waals surface area contributed by atoms with Gasteiger partial charge in [-0.2, -0.15) is 0 Å². The molecule has 1 saturated heterocycles. The van der Waals surface area contributed by atoms with Crippen LogP contribution in [0, 0.1) is 5.41 Å². The summed E-state index contributed by atoms with van der Waals surface area (Å²) in [4.78, 5) is 12.9. The number of primary amides is 1. The van der Waals surface area contributed by atoms with E-state index in [0.717, 1.165) is 18.4 Å². The van der Waals surface area contributed by atoms with Gasteiger partial charge in [0.05, 0.1) is 6.10 Å². The van der Waals surface area contributed by atoms with Crippen molar-refractivity contribution in [3.8, 4) is 0 Å². The van der Waals surface area contributed by atoms with Crippen LogP contribution >= 0.6 is 0 Å². The Kier molecular flexibility index (Phi) is 3.57. The number of amides is 2. The number of aliphatic hydroxyl groups is 1. The number of piperidine rings is 1. The van der Waals surface area contributed by atoms with Crippen LogP contribution in [0.3, 0.4) is 0 Å². The highest BCUT2D eigenvalue weighted by atomic mass is 16.3. The van der Waals surface area contributed by atoms with Gasteiger partial charge in [0.1, 0.15) is 0 Å². The summed E-state index contributed by atoms with van der Waals surface area (Å²) in [5.74, 6) is 0. The number of aliphatic hydroxyl groups excluding tert-OH is 1. The molecular formula is C14H20N2O2. The molecule has 18 heavy (non-hydrogen) atoms. The van der Waals surface area contributed by atoms with Gasteiger partial charge >= 0.3 is 6.03 Å². The summed E-state index contributed by atoms with van der Waals surface area (Å²) in [6.07, 6.45) is 1.21.